The van der Waals surface area contributed by atoms with Crippen LogP contribution in [0.5, 0.6) is 0 Å². The first-order valence-electron chi connectivity index (χ1n) is 8.97. The number of rotatable bonds is 6. The number of amides is 1. The number of sulfonamides is 1. The summed E-state index contributed by atoms with van der Waals surface area (Å²) in [6.45, 7) is 1.12. The standard InChI is InChI=1S/C18H24N2O5S/c21-17(19-15-11-14(12-15)18(22)23)10-13-4-6-16(7-5-13)26(24,25)20-8-2-1-3-9-20/h4-7,14-15H,1-3,8-12H2,(H,19,21)(H,22,23). The molecule has 1 aromatic rings. The fourth-order valence-electron chi connectivity index (χ4n) is 3.44. The van der Waals surface area contributed by atoms with Gasteiger partial charge in [0.2, 0.25) is 15.9 Å². The quantitative estimate of drug-likeness (QED) is 0.776. The van der Waals surface area contributed by atoms with E-state index in [2.05, 4.69) is 5.32 Å². The molecule has 1 aliphatic heterocycles. The highest BCUT2D eigenvalue weighted by Gasteiger charge is 2.35. The van der Waals surface area contributed by atoms with Gasteiger partial charge in [-0.1, -0.05) is 18.6 Å². The molecule has 0 aromatic heterocycles. The second-order valence-corrected chi connectivity index (χ2v) is 8.99. The molecule has 0 bridgehead atoms. The smallest absolute Gasteiger partial charge is 0.306 e. The number of aliphatic carboxylic acids is 1. The van der Waals surface area contributed by atoms with Gasteiger partial charge in [-0.2, -0.15) is 4.31 Å². The van der Waals surface area contributed by atoms with Crippen molar-refractivity contribution >= 4 is 21.9 Å². The summed E-state index contributed by atoms with van der Waals surface area (Å²) in [7, 11) is -3.46. The Labute approximate surface area is 153 Å². The van der Waals surface area contributed by atoms with Gasteiger partial charge >= 0.3 is 5.97 Å². The second-order valence-electron chi connectivity index (χ2n) is 7.06. The van der Waals surface area contributed by atoms with Crippen LogP contribution in [0.4, 0.5) is 0 Å². The lowest BCUT2D eigenvalue weighted by Gasteiger charge is -2.32. The summed E-state index contributed by atoms with van der Waals surface area (Å²) in [5, 5.41) is 11.7. The van der Waals surface area contributed by atoms with Crippen molar-refractivity contribution in [3.8, 4) is 0 Å². The molecule has 1 aliphatic carbocycles. The van der Waals surface area contributed by atoms with Crippen molar-refractivity contribution < 1.29 is 23.1 Å². The summed E-state index contributed by atoms with van der Waals surface area (Å²) in [5.74, 6) is -1.36. The van der Waals surface area contributed by atoms with Crippen molar-refractivity contribution in [3.63, 3.8) is 0 Å². The van der Waals surface area contributed by atoms with Gasteiger partial charge in [0, 0.05) is 19.1 Å². The first kappa shape index (κ1) is 18.8. The number of carbonyl (C=O) groups excluding carboxylic acids is 1. The van der Waals surface area contributed by atoms with E-state index in [0.29, 0.717) is 25.9 Å². The van der Waals surface area contributed by atoms with E-state index in [1.54, 1.807) is 24.3 Å². The highest BCUT2D eigenvalue weighted by atomic mass is 32.2. The molecular weight excluding hydrogens is 356 g/mol. The van der Waals surface area contributed by atoms with Crippen LogP contribution in [0.3, 0.4) is 0 Å². The Morgan fingerprint density at radius 2 is 1.69 bits per heavy atom. The first-order valence-corrected chi connectivity index (χ1v) is 10.4. The van der Waals surface area contributed by atoms with E-state index < -0.39 is 16.0 Å². The molecule has 1 heterocycles. The third kappa shape index (κ3) is 4.24. The Bertz CT molecular complexity index is 763. The number of nitrogens with one attached hydrogen (secondary N) is 1. The molecule has 2 aliphatic rings. The van der Waals surface area contributed by atoms with Gasteiger partial charge in [-0.05, 0) is 43.4 Å². The van der Waals surface area contributed by atoms with Gasteiger partial charge in [-0.25, -0.2) is 8.42 Å². The number of hydrogen-bond donors (Lipinski definition) is 2. The van der Waals surface area contributed by atoms with Crippen molar-refractivity contribution in [1.82, 2.24) is 9.62 Å². The molecule has 8 heteroatoms. The highest BCUT2D eigenvalue weighted by Crippen LogP contribution is 2.27. The van der Waals surface area contributed by atoms with E-state index in [9.17, 15) is 18.0 Å². The molecule has 1 saturated heterocycles. The van der Waals surface area contributed by atoms with E-state index >= 15 is 0 Å². The van der Waals surface area contributed by atoms with Crippen LogP contribution in [0.2, 0.25) is 0 Å². The summed E-state index contributed by atoms with van der Waals surface area (Å²) >= 11 is 0. The molecule has 26 heavy (non-hydrogen) atoms. The Balaban J connectivity index is 1.54. The number of carbonyl (C=O) groups is 2. The van der Waals surface area contributed by atoms with Gasteiger partial charge in [-0.3, -0.25) is 9.59 Å². The maximum absolute atomic E-state index is 12.6. The fraction of sp³-hybridized carbons (Fsp3) is 0.556. The highest BCUT2D eigenvalue weighted by molar-refractivity contribution is 7.89. The van der Waals surface area contributed by atoms with Crippen molar-refractivity contribution in [2.24, 2.45) is 5.92 Å². The molecule has 0 spiro atoms. The predicted molar refractivity (Wildman–Crippen MR) is 95.0 cm³/mol. The lowest BCUT2D eigenvalue weighted by molar-refractivity contribution is -0.146. The average Bonchev–Trinajstić information content (AvgIpc) is 2.58. The Morgan fingerprint density at radius 3 is 2.27 bits per heavy atom. The number of benzene rings is 1. The molecule has 3 rings (SSSR count). The van der Waals surface area contributed by atoms with Gasteiger partial charge < -0.3 is 10.4 Å². The van der Waals surface area contributed by atoms with E-state index in [-0.39, 0.29) is 29.2 Å². The lowest BCUT2D eigenvalue weighted by Crippen LogP contribution is -2.47. The van der Waals surface area contributed by atoms with Crippen LogP contribution >= 0.6 is 0 Å². The van der Waals surface area contributed by atoms with Crippen LogP contribution in [-0.4, -0.2) is 48.8 Å². The molecule has 0 unspecified atom stereocenters. The lowest BCUT2D eigenvalue weighted by atomic mass is 9.80. The normalized spacial score (nSPS) is 23.8. The average molecular weight is 380 g/mol. The van der Waals surface area contributed by atoms with Crippen molar-refractivity contribution in [3.05, 3.63) is 29.8 Å². The van der Waals surface area contributed by atoms with E-state index in [1.165, 1.54) is 4.31 Å². The van der Waals surface area contributed by atoms with Crippen molar-refractivity contribution in [2.75, 3.05) is 13.1 Å². The fourth-order valence-corrected chi connectivity index (χ4v) is 4.95. The molecule has 1 saturated carbocycles. The maximum Gasteiger partial charge on any atom is 0.306 e. The minimum Gasteiger partial charge on any atom is -0.481 e. The summed E-state index contributed by atoms with van der Waals surface area (Å²) < 4.78 is 26.7. The molecule has 2 N–H and O–H groups in total. The topological polar surface area (TPSA) is 104 Å². The van der Waals surface area contributed by atoms with Gasteiger partial charge in [0.05, 0.1) is 17.2 Å². The first-order chi connectivity index (χ1) is 12.4. The van der Waals surface area contributed by atoms with Gasteiger partial charge in [-0.15, -0.1) is 0 Å². The number of carboxylic acid groups (broad SMARTS) is 1. The van der Waals surface area contributed by atoms with Crippen molar-refractivity contribution in [2.45, 2.75) is 49.5 Å². The SMILES string of the molecule is O=C(Cc1ccc(S(=O)(=O)N2CCCCC2)cc1)NC1CC(C(=O)O)C1. The maximum atomic E-state index is 12.6. The molecule has 1 amide bonds. The van der Waals surface area contributed by atoms with Gasteiger partial charge in [0.1, 0.15) is 0 Å². The van der Waals surface area contributed by atoms with E-state index in [0.717, 1.165) is 24.8 Å². The zero-order valence-corrected chi connectivity index (χ0v) is 15.4. The third-order valence-corrected chi connectivity index (χ3v) is 7.01. The van der Waals surface area contributed by atoms with E-state index in [1.807, 2.05) is 0 Å². The van der Waals surface area contributed by atoms with Crippen LogP contribution in [0.25, 0.3) is 0 Å². The molecule has 7 nitrogen and oxygen atoms in total. The van der Waals surface area contributed by atoms with E-state index in [4.69, 9.17) is 5.11 Å². The largest absolute Gasteiger partial charge is 0.481 e. The molecule has 2 fully saturated rings. The summed E-state index contributed by atoms with van der Waals surface area (Å²) in [6, 6.07) is 6.35. The van der Waals surface area contributed by atoms with Crippen LogP contribution < -0.4 is 5.32 Å². The molecular formula is C18H24N2O5S. The summed E-state index contributed by atoms with van der Waals surface area (Å²) in [4.78, 5) is 23.1. The summed E-state index contributed by atoms with van der Waals surface area (Å²) in [6.07, 6.45) is 3.93. The Kier molecular flexibility index (Phi) is 5.62. The molecule has 1 aromatic carbocycles. The zero-order chi connectivity index (χ0) is 18.7. The van der Waals surface area contributed by atoms with Gasteiger partial charge in [0.15, 0.2) is 0 Å². The monoisotopic (exact) mass is 380 g/mol. The summed E-state index contributed by atoms with van der Waals surface area (Å²) in [5.41, 5.74) is 0.731. The molecule has 0 atom stereocenters. The Hall–Kier alpha value is -1.93. The zero-order valence-electron chi connectivity index (χ0n) is 14.6. The third-order valence-electron chi connectivity index (χ3n) is 5.09. The van der Waals surface area contributed by atoms with Crippen molar-refractivity contribution in [1.29, 1.82) is 0 Å². The van der Waals surface area contributed by atoms with Crippen LogP contribution in [0.15, 0.2) is 29.2 Å². The van der Waals surface area contributed by atoms with Crippen LogP contribution in [0.1, 0.15) is 37.7 Å². The predicted octanol–water partition coefficient (Wildman–Crippen LogP) is 1.38. The number of hydrogen-bond acceptors (Lipinski definition) is 4. The number of carboxylic acids is 1. The van der Waals surface area contributed by atoms with Crippen LogP contribution in [-0.2, 0) is 26.0 Å². The molecule has 142 valence electrons. The second kappa shape index (κ2) is 7.75. The number of nitrogens with zero attached hydrogens (tertiary/aromatic N) is 1. The van der Waals surface area contributed by atoms with Crippen LogP contribution in [0, 0.1) is 5.92 Å². The minimum absolute atomic E-state index is 0.0812. The van der Waals surface area contributed by atoms with Gasteiger partial charge in [0.25, 0.3) is 0 Å². The minimum atomic E-state index is -3.46. The molecule has 0 radical (unpaired) electrons. The Morgan fingerprint density at radius 1 is 1.08 bits per heavy atom. The number of piperidine rings is 1.